The van der Waals surface area contributed by atoms with Gasteiger partial charge in [-0.3, -0.25) is 4.79 Å². The molecule has 0 spiro atoms. The van der Waals surface area contributed by atoms with E-state index in [1.807, 2.05) is 42.2 Å². The van der Waals surface area contributed by atoms with Crippen LogP contribution in [-0.2, 0) is 0 Å². The van der Waals surface area contributed by atoms with E-state index in [0.717, 1.165) is 31.6 Å². The van der Waals surface area contributed by atoms with E-state index in [4.69, 9.17) is 4.74 Å². The molecular formula is C19H25N3O2. The maximum Gasteiger partial charge on any atom is 0.278 e. The van der Waals surface area contributed by atoms with Gasteiger partial charge in [0.1, 0.15) is 0 Å². The minimum absolute atomic E-state index is 0.0404. The van der Waals surface area contributed by atoms with E-state index >= 15 is 0 Å². The molecule has 2 aromatic rings. The van der Waals surface area contributed by atoms with Gasteiger partial charge in [-0.1, -0.05) is 39.0 Å². The summed E-state index contributed by atoms with van der Waals surface area (Å²) in [7, 11) is 0. The van der Waals surface area contributed by atoms with E-state index in [0.29, 0.717) is 18.1 Å². The van der Waals surface area contributed by atoms with Gasteiger partial charge in [-0.05, 0) is 30.4 Å². The molecule has 3 rings (SSSR count). The van der Waals surface area contributed by atoms with Crippen molar-refractivity contribution in [3.8, 4) is 11.4 Å². The number of para-hydroxylation sites is 1. The first-order valence-electron chi connectivity index (χ1n) is 8.57. The van der Waals surface area contributed by atoms with E-state index in [9.17, 15) is 4.79 Å². The molecule has 0 bridgehead atoms. The zero-order valence-corrected chi connectivity index (χ0v) is 14.7. The fourth-order valence-corrected chi connectivity index (χ4v) is 2.97. The first-order valence-corrected chi connectivity index (χ1v) is 8.57. The third kappa shape index (κ3) is 3.45. The topological polar surface area (TPSA) is 47.4 Å². The quantitative estimate of drug-likeness (QED) is 0.844. The van der Waals surface area contributed by atoms with Gasteiger partial charge in [0, 0.05) is 13.1 Å². The molecule has 5 nitrogen and oxygen atoms in total. The second-order valence-electron chi connectivity index (χ2n) is 7.11. The van der Waals surface area contributed by atoms with Crippen molar-refractivity contribution in [2.45, 2.75) is 33.6 Å². The SMILES string of the molecule is CCCOc1cn(-c2ccccc2)nc1C(=O)N1CCC(C)(C)C1. The summed E-state index contributed by atoms with van der Waals surface area (Å²) in [5.74, 6) is 0.525. The predicted molar refractivity (Wildman–Crippen MR) is 93.7 cm³/mol. The van der Waals surface area contributed by atoms with Gasteiger partial charge >= 0.3 is 0 Å². The van der Waals surface area contributed by atoms with E-state index in [1.165, 1.54) is 0 Å². The van der Waals surface area contributed by atoms with Crippen LogP contribution in [-0.4, -0.2) is 40.3 Å². The van der Waals surface area contributed by atoms with E-state index in [1.54, 1.807) is 10.9 Å². The minimum atomic E-state index is -0.0404. The Balaban J connectivity index is 1.90. The van der Waals surface area contributed by atoms with E-state index < -0.39 is 0 Å². The molecule has 0 N–H and O–H groups in total. The molecule has 2 heterocycles. The van der Waals surface area contributed by atoms with Crippen molar-refractivity contribution < 1.29 is 9.53 Å². The minimum Gasteiger partial charge on any atom is -0.489 e. The molecular weight excluding hydrogens is 302 g/mol. The highest BCUT2D eigenvalue weighted by Crippen LogP contribution is 2.31. The number of carbonyl (C=O) groups excluding carboxylic acids is 1. The van der Waals surface area contributed by atoms with Crippen molar-refractivity contribution in [3.63, 3.8) is 0 Å². The van der Waals surface area contributed by atoms with Gasteiger partial charge in [-0.2, -0.15) is 5.10 Å². The number of carbonyl (C=O) groups is 1. The lowest BCUT2D eigenvalue weighted by Crippen LogP contribution is -2.31. The van der Waals surface area contributed by atoms with Crippen LogP contribution in [0.5, 0.6) is 5.75 Å². The molecule has 0 aliphatic carbocycles. The molecule has 1 saturated heterocycles. The molecule has 1 fully saturated rings. The van der Waals surface area contributed by atoms with Gasteiger partial charge in [0.2, 0.25) is 0 Å². The highest BCUT2D eigenvalue weighted by Gasteiger charge is 2.34. The Morgan fingerprint density at radius 3 is 2.67 bits per heavy atom. The molecule has 1 aromatic heterocycles. The summed E-state index contributed by atoms with van der Waals surface area (Å²) < 4.78 is 7.51. The summed E-state index contributed by atoms with van der Waals surface area (Å²) in [6.07, 6.45) is 3.71. The third-order valence-corrected chi connectivity index (χ3v) is 4.33. The van der Waals surface area contributed by atoms with Crippen molar-refractivity contribution in [1.82, 2.24) is 14.7 Å². The number of hydrogen-bond donors (Lipinski definition) is 0. The molecule has 1 aromatic carbocycles. The van der Waals surface area contributed by atoms with Crippen LogP contribution in [0.3, 0.4) is 0 Å². The average molecular weight is 327 g/mol. The molecule has 5 heteroatoms. The first-order chi connectivity index (χ1) is 11.5. The molecule has 0 unspecified atom stereocenters. The fraction of sp³-hybridized carbons (Fsp3) is 0.474. The van der Waals surface area contributed by atoms with Crippen LogP contribution >= 0.6 is 0 Å². The predicted octanol–water partition coefficient (Wildman–Crippen LogP) is 3.53. The lowest BCUT2D eigenvalue weighted by atomic mass is 9.93. The number of nitrogens with zero attached hydrogens (tertiary/aromatic N) is 3. The summed E-state index contributed by atoms with van der Waals surface area (Å²) in [5, 5.41) is 4.53. The molecule has 0 radical (unpaired) electrons. The number of likely N-dealkylation sites (tertiary alicyclic amines) is 1. The zero-order valence-electron chi connectivity index (χ0n) is 14.7. The largest absolute Gasteiger partial charge is 0.489 e. The molecule has 24 heavy (non-hydrogen) atoms. The Kier molecular flexibility index (Phi) is 4.60. The van der Waals surface area contributed by atoms with Crippen LogP contribution in [0.25, 0.3) is 5.69 Å². The monoisotopic (exact) mass is 327 g/mol. The number of amides is 1. The van der Waals surface area contributed by atoms with Gasteiger partial charge in [0.05, 0.1) is 18.5 Å². The number of aromatic nitrogens is 2. The van der Waals surface area contributed by atoms with Crippen LogP contribution in [0.4, 0.5) is 0 Å². The summed E-state index contributed by atoms with van der Waals surface area (Å²) in [6.45, 7) is 8.54. The highest BCUT2D eigenvalue weighted by atomic mass is 16.5. The Bertz CT molecular complexity index is 707. The van der Waals surface area contributed by atoms with E-state index in [-0.39, 0.29) is 11.3 Å². The van der Waals surface area contributed by atoms with Crippen LogP contribution < -0.4 is 4.74 Å². The summed E-state index contributed by atoms with van der Waals surface area (Å²) in [5.41, 5.74) is 1.49. The molecule has 128 valence electrons. The van der Waals surface area contributed by atoms with Crippen molar-refractivity contribution in [1.29, 1.82) is 0 Å². The molecule has 0 atom stereocenters. The average Bonchev–Trinajstić information content (AvgIpc) is 3.16. The molecule has 1 aliphatic rings. The van der Waals surface area contributed by atoms with E-state index in [2.05, 4.69) is 18.9 Å². The van der Waals surface area contributed by atoms with Crippen molar-refractivity contribution in [3.05, 3.63) is 42.2 Å². The van der Waals surface area contributed by atoms with Gasteiger partial charge in [-0.15, -0.1) is 0 Å². The lowest BCUT2D eigenvalue weighted by molar-refractivity contribution is 0.0767. The first kappa shape index (κ1) is 16.6. The standard InChI is InChI=1S/C19H25N3O2/c1-4-12-24-16-13-22(15-8-6-5-7-9-15)20-17(16)18(23)21-11-10-19(2,3)14-21/h5-9,13H,4,10-12,14H2,1-3H3. The summed E-state index contributed by atoms with van der Waals surface area (Å²) in [6, 6.07) is 9.79. The third-order valence-electron chi connectivity index (χ3n) is 4.33. The second kappa shape index (κ2) is 6.67. The van der Waals surface area contributed by atoms with Gasteiger partial charge in [0.25, 0.3) is 5.91 Å². The number of hydrogen-bond acceptors (Lipinski definition) is 3. The summed E-state index contributed by atoms with van der Waals surface area (Å²) in [4.78, 5) is 14.8. The van der Waals surface area contributed by atoms with Gasteiger partial charge in [0.15, 0.2) is 11.4 Å². The Labute approximate surface area is 143 Å². The molecule has 0 saturated carbocycles. The Hall–Kier alpha value is -2.30. The fourth-order valence-electron chi connectivity index (χ4n) is 2.97. The van der Waals surface area contributed by atoms with Crippen molar-refractivity contribution in [2.24, 2.45) is 5.41 Å². The van der Waals surface area contributed by atoms with Gasteiger partial charge < -0.3 is 9.64 Å². The normalized spacial score (nSPS) is 16.4. The van der Waals surface area contributed by atoms with Gasteiger partial charge in [-0.25, -0.2) is 4.68 Å². The van der Waals surface area contributed by atoms with Crippen LogP contribution in [0.15, 0.2) is 36.5 Å². The molecule has 1 amide bonds. The van der Waals surface area contributed by atoms with Crippen molar-refractivity contribution in [2.75, 3.05) is 19.7 Å². The number of benzene rings is 1. The maximum absolute atomic E-state index is 12.9. The summed E-state index contributed by atoms with van der Waals surface area (Å²) >= 11 is 0. The van der Waals surface area contributed by atoms with Crippen molar-refractivity contribution >= 4 is 5.91 Å². The smallest absolute Gasteiger partial charge is 0.278 e. The second-order valence-corrected chi connectivity index (χ2v) is 7.11. The Morgan fingerprint density at radius 2 is 2.04 bits per heavy atom. The Morgan fingerprint density at radius 1 is 1.29 bits per heavy atom. The maximum atomic E-state index is 12.9. The van der Waals surface area contributed by atoms with Crippen LogP contribution in [0, 0.1) is 5.41 Å². The highest BCUT2D eigenvalue weighted by molar-refractivity contribution is 5.95. The zero-order chi connectivity index (χ0) is 17.2. The number of rotatable bonds is 5. The lowest BCUT2D eigenvalue weighted by Gasteiger charge is -2.19. The van der Waals surface area contributed by atoms with Crippen LogP contribution in [0.1, 0.15) is 44.1 Å². The van der Waals surface area contributed by atoms with Crippen LogP contribution in [0.2, 0.25) is 0 Å². The molecule has 1 aliphatic heterocycles. The number of ether oxygens (including phenoxy) is 1.